The van der Waals surface area contributed by atoms with Gasteiger partial charge in [-0.3, -0.25) is 0 Å². The molecule has 0 aliphatic heterocycles. The van der Waals surface area contributed by atoms with E-state index in [1.54, 1.807) is 11.3 Å². The van der Waals surface area contributed by atoms with E-state index in [1.807, 2.05) is 17.5 Å². The number of fused-ring (bicyclic) bond motifs is 1. The molecule has 1 heterocycles. The standard InChI is InChI=1S/C15H10N2S/c16-8-7-14-10-18-15(17-14)13-6-5-11-3-1-2-4-12(11)9-13/h1-6,9-10H,7H2. The SMILES string of the molecule is N#CCc1csc(-c2ccc3ccccc3c2)n1. The maximum Gasteiger partial charge on any atom is 0.123 e. The van der Waals surface area contributed by atoms with Crippen molar-refractivity contribution in [2.24, 2.45) is 0 Å². The lowest BCUT2D eigenvalue weighted by atomic mass is 10.1. The van der Waals surface area contributed by atoms with Gasteiger partial charge in [-0.2, -0.15) is 5.26 Å². The molecule has 3 heteroatoms. The molecular weight excluding hydrogens is 240 g/mol. The second-order valence-electron chi connectivity index (χ2n) is 4.04. The summed E-state index contributed by atoms with van der Waals surface area (Å²) >= 11 is 1.59. The maximum absolute atomic E-state index is 8.66. The number of thiazole rings is 1. The average Bonchev–Trinajstić information content (AvgIpc) is 2.87. The molecule has 0 aliphatic carbocycles. The fourth-order valence-corrected chi connectivity index (χ4v) is 2.74. The second kappa shape index (κ2) is 4.59. The lowest BCUT2D eigenvalue weighted by Gasteiger charge is -2.00. The van der Waals surface area contributed by atoms with Crippen molar-refractivity contribution < 1.29 is 0 Å². The summed E-state index contributed by atoms with van der Waals surface area (Å²) in [4.78, 5) is 4.47. The average molecular weight is 250 g/mol. The molecule has 0 atom stereocenters. The quantitative estimate of drug-likeness (QED) is 0.688. The molecule has 0 spiro atoms. The van der Waals surface area contributed by atoms with Crippen LogP contribution in [0.1, 0.15) is 5.69 Å². The summed E-state index contributed by atoms with van der Waals surface area (Å²) in [6, 6.07) is 16.7. The summed E-state index contributed by atoms with van der Waals surface area (Å²) in [6.45, 7) is 0. The van der Waals surface area contributed by atoms with Crippen LogP contribution in [0.15, 0.2) is 47.8 Å². The van der Waals surface area contributed by atoms with Gasteiger partial charge in [0.05, 0.1) is 18.2 Å². The molecule has 86 valence electrons. The molecule has 2 nitrogen and oxygen atoms in total. The first-order valence-electron chi connectivity index (χ1n) is 5.67. The summed E-state index contributed by atoms with van der Waals surface area (Å²) in [5, 5.41) is 14.0. The zero-order valence-electron chi connectivity index (χ0n) is 9.63. The Kier molecular flexibility index (Phi) is 2.79. The van der Waals surface area contributed by atoms with E-state index < -0.39 is 0 Å². The minimum Gasteiger partial charge on any atom is -0.240 e. The Labute approximate surface area is 109 Å². The predicted octanol–water partition coefficient (Wildman–Crippen LogP) is 4.03. The van der Waals surface area contributed by atoms with Crippen LogP contribution < -0.4 is 0 Å². The van der Waals surface area contributed by atoms with Crippen molar-refractivity contribution in [2.75, 3.05) is 0 Å². The first-order valence-corrected chi connectivity index (χ1v) is 6.55. The van der Waals surface area contributed by atoms with E-state index >= 15 is 0 Å². The Hall–Kier alpha value is -2.18. The fraction of sp³-hybridized carbons (Fsp3) is 0.0667. The van der Waals surface area contributed by atoms with Crippen LogP contribution in [0.5, 0.6) is 0 Å². The van der Waals surface area contributed by atoms with Gasteiger partial charge in [0.15, 0.2) is 0 Å². The van der Waals surface area contributed by atoms with Crippen molar-refractivity contribution in [3.8, 4) is 16.6 Å². The lowest BCUT2D eigenvalue weighted by Crippen LogP contribution is -1.82. The molecule has 18 heavy (non-hydrogen) atoms. The first-order chi connectivity index (χ1) is 8.86. The van der Waals surface area contributed by atoms with Gasteiger partial charge < -0.3 is 0 Å². The number of hydrogen-bond acceptors (Lipinski definition) is 3. The largest absolute Gasteiger partial charge is 0.240 e. The molecule has 1 aromatic heterocycles. The van der Waals surface area contributed by atoms with Gasteiger partial charge in [-0.15, -0.1) is 11.3 Å². The molecule has 0 amide bonds. The molecule has 0 radical (unpaired) electrons. The Morgan fingerprint density at radius 3 is 2.78 bits per heavy atom. The van der Waals surface area contributed by atoms with Gasteiger partial charge in [-0.25, -0.2) is 4.98 Å². The number of nitriles is 1. The monoisotopic (exact) mass is 250 g/mol. The van der Waals surface area contributed by atoms with Crippen LogP contribution in [0.4, 0.5) is 0 Å². The fourth-order valence-electron chi connectivity index (χ4n) is 1.92. The zero-order chi connectivity index (χ0) is 12.4. The highest BCUT2D eigenvalue weighted by Gasteiger charge is 2.05. The van der Waals surface area contributed by atoms with Crippen molar-refractivity contribution in [1.29, 1.82) is 5.26 Å². The third-order valence-corrected chi connectivity index (χ3v) is 3.75. The molecule has 3 rings (SSSR count). The summed E-state index contributed by atoms with van der Waals surface area (Å²) in [5.41, 5.74) is 1.97. The molecule has 0 bridgehead atoms. The maximum atomic E-state index is 8.66. The van der Waals surface area contributed by atoms with Gasteiger partial charge in [0.25, 0.3) is 0 Å². The summed E-state index contributed by atoms with van der Waals surface area (Å²) in [5.74, 6) is 0. The highest BCUT2D eigenvalue weighted by molar-refractivity contribution is 7.13. The minimum absolute atomic E-state index is 0.379. The Balaban J connectivity index is 2.05. The predicted molar refractivity (Wildman–Crippen MR) is 74.4 cm³/mol. The number of nitrogens with zero attached hydrogens (tertiary/aromatic N) is 2. The molecular formula is C15H10N2S. The van der Waals surface area contributed by atoms with Crippen molar-refractivity contribution >= 4 is 22.1 Å². The van der Waals surface area contributed by atoms with Gasteiger partial charge in [0.2, 0.25) is 0 Å². The van der Waals surface area contributed by atoms with E-state index in [2.05, 4.69) is 41.4 Å². The summed E-state index contributed by atoms with van der Waals surface area (Å²) < 4.78 is 0. The van der Waals surface area contributed by atoms with Crippen molar-refractivity contribution in [3.05, 3.63) is 53.5 Å². The van der Waals surface area contributed by atoms with Crippen molar-refractivity contribution in [3.63, 3.8) is 0 Å². The zero-order valence-corrected chi connectivity index (χ0v) is 10.4. The Bertz CT molecular complexity index is 737. The van der Waals surface area contributed by atoms with E-state index in [9.17, 15) is 0 Å². The Morgan fingerprint density at radius 2 is 1.94 bits per heavy atom. The van der Waals surface area contributed by atoms with Gasteiger partial charge in [-0.05, 0) is 16.8 Å². The van der Waals surface area contributed by atoms with E-state index in [0.717, 1.165) is 16.3 Å². The minimum atomic E-state index is 0.379. The van der Waals surface area contributed by atoms with E-state index in [4.69, 9.17) is 5.26 Å². The third kappa shape index (κ3) is 1.99. The van der Waals surface area contributed by atoms with Crippen LogP contribution >= 0.6 is 11.3 Å². The van der Waals surface area contributed by atoms with Crippen LogP contribution in [0, 0.1) is 11.3 Å². The smallest absolute Gasteiger partial charge is 0.123 e. The lowest BCUT2D eigenvalue weighted by molar-refractivity contribution is 1.16. The Morgan fingerprint density at radius 1 is 1.11 bits per heavy atom. The number of aromatic nitrogens is 1. The van der Waals surface area contributed by atoms with Crippen LogP contribution in [-0.2, 0) is 6.42 Å². The number of benzene rings is 2. The van der Waals surface area contributed by atoms with Crippen molar-refractivity contribution in [2.45, 2.75) is 6.42 Å². The van der Waals surface area contributed by atoms with Gasteiger partial charge in [0, 0.05) is 10.9 Å². The van der Waals surface area contributed by atoms with Crippen LogP contribution in [0.25, 0.3) is 21.3 Å². The van der Waals surface area contributed by atoms with Crippen molar-refractivity contribution in [1.82, 2.24) is 4.98 Å². The van der Waals surface area contributed by atoms with Crippen LogP contribution in [0.3, 0.4) is 0 Å². The van der Waals surface area contributed by atoms with Gasteiger partial charge in [-0.1, -0.05) is 36.4 Å². The van der Waals surface area contributed by atoms with E-state index in [1.165, 1.54) is 10.8 Å². The molecule has 0 saturated carbocycles. The number of hydrogen-bond donors (Lipinski definition) is 0. The molecule has 2 aromatic carbocycles. The summed E-state index contributed by atoms with van der Waals surface area (Å²) in [7, 11) is 0. The first kappa shape index (κ1) is 10.9. The van der Waals surface area contributed by atoms with Crippen LogP contribution in [0.2, 0.25) is 0 Å². The third-order valence-electron chi connectivity index (χ3n) is 2.81. The molecule has 0 fully saturated rings. The normalized spacial score (nSPS) is 10.4. The summed E-state index contributed by atoms with van der Waals surface area (Å²) in [6.07, 6.45) is 0.379. The van der Waals surface area contributed by atoms with Crippen LogP contribution in [-0.4, -0.2) is 4.98 Å². The molecule has 0 saturated heterocycles. The second-order valence-corrected chi connectivity index (χ2v) is 4.90. The number of rotatable bonds is 2. The van der Waals surface area contributed by atoms with E-state index in [-0.39, 0.29) is 0 Å². The molecule has 0 N–H and O–H groups in total. The van der Waals surface area contributed by atoms with Gasteiger partial charge in [0.1, 0.15) is 5.01 Å². The molecule has 0 aliphatic rings. The molecule has 3 aromatic rings. The van der Waals surface area contributed by atoms with E-state index in [0.29, 0.717) is 6.42 Å². The topological polar surface area (TPSA) is 36.7 Å². The van der Waals surface area contributed by atoms with Gasteiger partial charge >= 0.3 is 0 Å². The highest BCUT2D eigenvalue weighted by atomic mass is 32.1. The highest BCUT2D eigenvalue weighted by Crippen LogP contribution is 2.27. The molecule has 0 unspecified atom stereocenters.